The standard InChI is InChI=1S/C10H17F3N2O2S/c11-10(12,13)18-6-5-15-9(16)7-17-8-1-3-14-4-2-8/h8,14H,1-7H2,(H,15,16). The third-order valence-electron chi connectivity index (χ3n) is 2.43. The average Bonchev–Trinajstić information content (AvgIpc) is 2.32. The molecule has 0 saturated carbocycles. The fraction of sp³-hybridized carbons (Fsp3) is 0.900. The topological polar surface area (TPSA) is 50.4 Å². The average molecular weight is 286 g/mol. The number of piperidine rings is 1. The van der Waals surface area contributed by atoms with Crippen LogP contribution >= 0.6 is 11.8 Å². The molecule has 8 heteroatoms. The van der Waals surface area contributed by atoms with Gasteiger partial charge in [-0.25, -0.2) is 0 Å². The van der Waals surface area contributed by atoms with Crippen LogP contribution in [-0.4, -0.2) is 49.5 Å². The zero-order valence-corrected chi connectivity index (χ0v) is 10.7. The van der Waals surface area contributed by atoms with Gasteiger partial charge in [-0.3, -0.25) is 4.79 Å². The summed E-state index contributed by atoms with van der Waals surface area (Å²) in [5.41, 5.74) is -4.24. The molecule has 0 aromatic rings. The van der Waals surface area contributed by atoms with Gasteiger partial charge >= 0.3 is 5.51 Å². The van der Waals surface area contributed by atoms with Crippen molar-refractivity contribution < 1.29 is 22.7 Å². The molecule has 0 radical (unpaired) electrons. The first-order valence-electron chi connectivity index (χ1n) is 5.77. The molecule has 0 aromatic carbocycles. The van der Waals surface area contributed by atoms with Crippen LogP contribution < -0.4 is 10.6 Å². The number of carbonyl (C=O) groups excluding carboxylic acids is 1. The highest BCUT2D eigenvalue weighted by molar-refractivity contribution is 8.00. The summed E-state index contributed by atoms with van der Waals surface area (Å²) in [6.45, 7) is 1.66. The lowest BCUT2D eigenvalue weighted by molar-refractivity contribution is -0.128. The number of thioether (sulfide) groups is 1. The lowest BCUT2D eigenvalue weighted by Crippen LogP contribution is -2.36. The van der Waals surface area contributed by atoms with E-state index in [1.807, 2.05) is 0 Å². The Balaban J connectivity index is 2.00. The summed E-state index contributed by atoms with van der Waals surface area (Å²) in [6, 6.07) is 0. The number of amides is 1. The van der Waals surface area contributed by atoms with E-state index in [0.29, 0.717) is 0 Å². The number of alkyl halides is 3. The molecule has 0 aromatic heterocycles. The predicted octanol–water partition coefficient (Wildman–Crippen LogP) is 1.12. The molecular formula is C10H17F3N2O2S. The summed E-state index contributed by atoms with van der Waals surface area (Å²) < 4.78 is 40.7. The number of hydrogen-bond acceptors (Lipinski definition) is 4. The molecule has 0 aliphatic carbocycles. The normalized spacial score (nSPS) is 17.7. The Labute approximate surface area is 108 Å². The molecule has 1 aliphatic heterocycles. The molecular weight excluding hydrogens is 269 g/mol. The van der Waals surface area contributed by atoms with Crippen molar-refractivity contribution >= 4 is 17.7 Å². The summed E-state index contributed by atoms with van der Waals surface area (Å²) in [4.78, 5) is 11.3. The molecule has 0 spiro atoms. The fourth-order valence-electron chi connectivity index (χ4n) is 1.56. The second-order valence-electron chi connectivity index (χ2n) is 3.90. The summed E-state index contributed by atoms with van der Waals surface area (Å²) in [6.07, 6.45) is 1.79. The zero-order valence-electron chi connectivity index (χ0n) is 9.89. The Kier molecular flexibility index (Phi) is 6.80. The number of ether oxygens (including phenoxy) is 1. The molecule has 1 rings (SSSR count). The van der Waals surface area contributed by atoms with E-state index < -0.39 is 5.51 Å². The number of carbonyl (C=O) groups is 1. The summed E-state index contributed by atoms with van der Waals surface area (Å²) in [5.74, 6) is -0.543. The van der Waals surface area contributed by atoms with E-state index in [4.69, 9.17) is 4.74 Å². The smallest absolute Gasteiger partial charge is 0.368 e. The van der Waals surface area contributed by atoms with Crippen molar-refractivity contribution in [3.63, 3.8) is 0 Å². The van der Waals surface area contributed by atoms with Gasteiger partial charge in [-0.15, -0.1) is 0 Å². The van der Waals surface area contributed by atoms with Crippen LogP contribution in [0.5, 0.6) is 0 Å². The van der Waals surface area contributed by atoms with Crippen LogP contribution in [0.25, 0.3) is 0 Å². The highest BCUT2D eigenvalue weighted by Gasteiger charge is 2.27. The van der Waals surface area contributed by atoms with Crippen molar-refractivity contribution in [3.05, 3.63) is 0 Å². The summed E-state index contributed by atoms with van der Waals surface area (Å²) >= 11 is -0.142. The minimum atomic E-state index is -4.24. The molecule has 106 valence electrons. The maximum absolute atomic E-state index is 11.8. The van der Waals surface area contributed by atoms with Gasteiger partial charge in [0.2, 0.25) is 5.91 Å². The van der Waals surface area contributed by atoms with Gasteiger partial charge in [0.15, 0.2) is 0 Å². The van der Waals surface area contributed by atoms with Crippen LogP contribution in [-0.2, 0) is 9.53 Å². The second kappa shape index (κ2) is 7.85. The molecule has 1 saturated heterocycles. The van der Waals surface area contributed by atoms with Crippen LogP contribution in [0.15, 0.2) is 0 Å². The van der Waals surface area contributed by atoms with Crippen LogP contribution in [0.2, 0.25) is 0 Å². The Bertz CT molecular complexity index is 258. The third kappa shape index (κ3) is 7.78. The Hall–Kier alpha value is -0.470. The molecule has 1 amide bonds. The minimum Gasteiger partial charge on any atom is -0.368 e. The van der Waals surface area contributed by atoms with E-state index in [-0.39, 0.29) is 42.7 Å². The zero-order chi connectivity index (χ0) is 13.4. The molecule has 0 atom stereocenters. The molecule has 18 heavy (non-hydrogen) atoms. The predicted molar refractivity (Wildman–Crippen MR) is 63.4 cm³/mol. The van der Waals surface area contributed by atoms with Gasteiger partial charge < -0.3 is 15.4 Å². The fourth-order valence-corrected chi connectivity index (χ4v) is 2.00. The quantitative estimate of drug-likeness (QED) is 0.719. The van der Waals surface area contributed by atoms with Gasteiger partial charge in [0.25, 0.3) is 0 Å². The lowest BCUT2D eigenvalue weighted by Gasteiger charge is -2.22. The van der Waals surface area contributed by atoms with Gasteiger partial charge in [0.1, 0.15) is 6.61 Å². The minimum absolute atomic E-state index is 0.00140. The molecule has 4 nitrogen and oxygen atoms in total. The third-order valence-corrected chi connectivity index (χ3v) is 3.16. The van der Waals surface area contributed by atoms with E-state index in [1.165, 1.54) is 0 Å². The molecule has 0 bridgehead atoms. The number of halogens is 3. The number of nitrogens with one attached hydrogen (secondary N) is 2. The molecule has 1 fully saturated rings. The molecule has 0 unspecified atom stereocenters. The number of rotatable bonds is 6. The van der Waals surface area contributed by atoms with E-state index in [1.54, 1.807) is 0 Å². The summed E-state index contributed by atoms with van der Waals surface area (Å²) in [5, 5.41) is 5.56. The van der Waals surface area contributed by atoms with E-state index in [0.717, 1.165) is 25.9 Å². The first-order chi connectivity index (χ1) is 8.47. The van der Waals surface area contributed by atoms with E-state index in [2.05, 4.69) is 10.6 Å². The first-order valence-corrected chi connectivity index (χ1v) is 6.75. The van der Waals surface area contributed by atoms with Crippen molar-refractivity contribution in [2.45, 2.75) is 24.5 Å². The van der Waals surface area contributed by atoms with Crippen molar-refractivity contribution in [1.29, 1.82) is 0 Å². The maximum atomic E-state index is 11.8. The van der Waals surface area contributed by atoms with Gasteiger partial charge in [0, 0.05) is 12.3 Å². The number of hydrogen-bond donors (Lipinski definition) is 2. The van der Waals surface area contributed by atoms with Crippen LogP contribution in [0.3, 0.4) is 0 Å². The summed E-state index contributed by atoms with van der Waals surface area (Å²) in [7, 11) is 0. The van der Waals surface area contributed by atoms with Gasteiger partial charge in [-0.2, -0.15) is 13.2 Å². The van der Waals surface area contributed by atoms with Crippen molar-refractivity contribution in [1.82, 2.24) is 10.6 Å². The monoisotopic (exact) mass is 286 g/mol. The molecule has 2 N–H and O–H groups in total. The highest BCUT2D eigenvalue weighted by atomic mass is 32.2. The lowest BCUT2D eigenvalue weighted by atomic mass is 10.1. The maximum Gasteiger partial charge on any atom is 0.441 e. The largest absolute Gasteiger partial charge is 0.441 e. The van der Waals surface area contributed by atoms with Crippen LogP contribution in [0, 0.1) is 0 Å². The second-order valence-corrected chi connectivity index (χ2v) is 5.06. The van der Waals surface area contributed by atoms with Gasteiger partial charge in [-0.05, 0) is 37.7 Å². The Morgan fingerprint density at radius 1 is 1.39 bits per heavy atom. The van der Waals surface area contributed by atoms with Crippen molar-refractivity contribution in [2.75, 3.05) is 32.0 Å². The molecule has 1 heterocycles. The Morgan fingerprint density at radius 2 is 2.06 bits per heavy atom. The SMILES string of the molecule is O=C(COC1CCNCC1)NCCSC(F)(F)F. The molecule has 1 aliphatic rings. The van der Waals surface area contributed by atoms with Crippen LogP contribution in [0.4, 0.5) is 13.2 Å². The highest BCUT2D eigenvalue weighted by Crippen LogP contribution is 2.29. The van der Waals surface area contributed by atoms with Gasteiger partial charge in [-0.1, -0.05) is 0 Å². The van der Waals surface area contributed by atoms with Gasteiger partial charge in [0.05, 0.1) is 6.10 Å². The Morgan fingerprint density at radius 3 is 2.67 bits per heavy atom. The van der Waals surface area contributed by atoms with Crippen LogP contribution in [0.1, 0.15) is 12.8 Å². The van der Waals surface area contributed by atoms with E-state index in [9.17, 15) is 18.0 Å². The van der Waals surface area contributed by atoms with Crippen molar-refractivity contribution in [2.24, 2.45) is 0 Å². The first kappa shape index (κ1) is 15.6. The van der Waals surface area contributed by atoms with E-state index >= 15 is 0 Å². The van der Waals surface area contributed by atoms with Crippen molar-refractivity contribution in [3.8, 4) is 0 Å².